The number of hydrogen-bond donors (Lipinski definition) is 1. The Labute approximate surface area is 80.1 Å². The van der Waals surface area contributed by atoms with Gasteiger partial charge in [-0.25, -0.2) is 0 Å². The lowest BCUT2D eigenvalue weighted by atomic mass is 9.84. The molecule has 0 saturated heterocycles. The highest BCUT2D eigenvalue weighted by molar-refractivity contribution is 5.80. The molecule has 1 N–H and O–H groups in total. The SMILES string of the molecule is C#CC(CCC)NC(=O)C1CCC1. The molecule has 0 heterocycles. The fraction of sp³-hybridized carbons (Fsp3) is 0.727. The minimum atomic E-state index is -0.0573. The van der Waals surface area contributed by atoms with Gasteiger partial charge in [0.05, 0.1) is 6.04 Å². The molecule has 0 aliphatic heterocycles. The van der Waals surface area contributed by atoms with Gasteiger partial charge in [0.2, 0.25) is 5.91 Å². The summed E-state index contributed by atoms with van der Waals surface area (Å²) in [5.41, 5.74) is 0. The molecule has 1 atom stereocenters. The van der Waals surface area contributed by atoms with Gasteiger partial charge in [0, 0.05) is 5.92 Å². The first kappa shape index (κ1) is 10.1. The van der Waals surface area contributed by atoms with E-state index in [2.05, 4.69) is 18.2 Å². The summed E-state index contributed by atoms with van der Waals surface area (Å²) in [6.07, 6.45) is 10.5. The van der Waals surface area contributed by atoms with Gasteiger partial charge in [-0.2, -0.15) is 0 Å². The van der Waals surface area contributed by atoms with Crippen molar-refractivity contribution < 1.29 is 4.79 Å². The van der Waals surface area contributed by atoms with Crippen molar-refractivity contribution in [2.45, 2.75) is 45.1 Å². The van der Waals surface area contributed by atoms with Crippen LogP contribution in [0.3, 0.4) is 0 Å². The third kappa shape index (κ3) is 2.77. The average Bonchev–Trinajstić information content (AvgIpc) is 2.00. The highest BCUT2D eigenvalue weighted by Crippen LogP contribution is 2.26. The lowest BCUT2D eigenvalue weighted by molar-refractivity contribution is -0.127. The molecule has 0 aromatic rings. The Morgan fingerprint density at radius 1 is 1.69 bits per heavy atom. The smallest absolute Gasteiger partial charge is 0.224 e. The molecule has 2 nitrogen and oxygen atoms in total. The first-order valence-electron chi connectivity index (χ1n) is 5.04. The predicted molar refractivity (Wildman–Crippen MR) is 53.0 cm³/mol. The second-order valence-electron chi connectivity index (χ2n) is 3.64. The van der Waals surface area contributed by atoms with Crippen molar-refractivity contribution in [3.05, 3.63) is 0 Å². The van der Waals surface area contributed by atoms with E-state index in [0.717, 1.165) is 25.7 Å². The number of hydrogen-bond acceptors (Lipinski definition) is 1. The normalized spacial score (nSPS) is 18.5. The zero-order valence-electron chi connectivity index (χ0n) is 8.18. The van der Waals surface area contributed by atoms with E-state index < -0.39 is 0 Å². The van der Waals surface area contributed by atoms with Crippen LogP contribution in [0.25, 0.3) is 0 Å². The third-order valence-corrected chi connectivity index (χ3v) is 2.57. The van der Waals surface area contributed by atoms with Crippen molar-refractivity contribution >= 4 is 5.91 Å². The second kappa shape index (κ2) is 4.91. The van der Waals surface area contributed by atoms with E-state index in [4.69, 9.17) is 6.42 Å². The van der Waals surface area contributed by atoms with E-state index in [1.807, 2.05) is 0 Å². The summed E-state index contributed by atoms with van der Waals surface area (Å²) < 4.78 is 0. The summed E-state index contributed by atoms with van der Waals surface area (Å²) in [6.45, 7) is 2.07. The molecule has 13 heavy (non-hydrogen) atoms. The summed E-state index contributed by atoms with van der Waals surface area (Å²) in [5, 5.41) is 2.89. The van der Waals surface area contributed by atoms with E-state index >= 15 is 0 Å². The molecule has 1 unspecified atom stereocenters. The molecule has 1 aliphatic carbocycles. The highest BCUT2D eigenvalue weighted by atomic mass is 16.1. The van der Waals surface area contributed by atoms with Crippen LogP contribution in [0.4, 0.5) is 0 Å². The largest absolute Gasteiger partial charge is 0.342 e. The maximum atomic E-state index is 11.5. The predicted octanol–water partition coefficient (Wildman–Crippen LogP) is 1.70. The molecule has 1 rings (SSSR count). The van der Waals surface area contributed by atoms with Gasteiger partial charge in [-0.1, -0.05) is 25.7 Å². The Kier molecular flexibility index (Phi) is 3.82. The van der Waals surface area contributed by atoms with E-state index in [1.165, 1.54) is 6.42 Å². The molecule has 1 saturated carbocycles. The second-order valence-corrected chi connectivity index (χ2v) is 3.64. The van der Waals surface area contributed by atoms with Crippen LogP contribution in [-0.4, -0.2) is 11.9 Å². The zero-order chi connectivity index (χ0) is 9.68. The fourth-order valence-electron chi connectivity index (χ4n) is 1.45. The average molecular weight is 179 g/mol. The van der Waals surface area contributed by atoms with Crippen LogP contribution in [0.1, 0.15) is 39.0 Å². The topological polar surface area (TPSA) is 29.1 Å². The Morgan fingerprint density at radius 2 is 2.38 bits per heavy atom. The lowest BCUT2D eigenvalue weighted by Crippen LogP contribution is -2.40. The summed E-state index contributed by atoms with van der Waals surface area (Å²) in [4.78, 5) is 11.5. The van der Waals surface area contributed by atoms with Crippen molar-refractivity contribution in [2.24, 2.45) is 5.92 Å². The summed E-state index contributed by atoms with van der Waals surface area (Å²) in [6, 6.07) is -0.0573. The molecule has 0 aromatic carbocycles. The van der Waals surface area contributed by atoms with Crippen LogP contribution in [-0.2, 0) is 4.79 Å². The first-order chi connectivity index (χ1) is 6.27. The summed E-state index contributed by atoms with van der Waals surface area (Å²) >= 11 is 0. The molecule has 0 aromatic heterocycles. The van der Waals surface area contributed by atoms with Crippen LogP contribution >= 0.6 is 0 Å². The van der Waals surface area contributed by atoms with Gasteiger partial charge >= 0.3 is 0 Å². The van der Waals surface area contributed by atoms with Crippen LogP contribution in [0.5, 0.6) is 0 Å². The van der Waals surface area contributed by atoms with E-state index in [0.29, 0.717) is 0 Å². The van der Waals surface area contributed by atoms with Crippen LogP contribution in [0.15, 0.2) is 0 Å². The van der Waals surface area contributed by atoms with E-state index in [9.17, 15) is 4.79 Å². The number of carbonyl (C=O) groups excluding carboxylic acids is 1. The highest BCUT2D eigenvalue weighted by Gasteiger charge is 2.26. The number of terminal acetylenes is 1. The molecular weight excluding hydrogens is 162 g/mol. The number of rotatable bonds is 4. The molecule has 72 valence electrons. The third-order valence-electron chi connectivity index (χ3n) is 2.57. The van der Waals surface area contributed by atoms with Crippen molar-refractivity contribution in [3.8, 4) is 12.3 Å². The summed E-state index contributed by atoms with van der Waals surface area (Å²) in [5.74, 6) is 3.00. The fourth-order valence-corrected chi connectivity index (χ4v) is 1.45. The number of amides is 1. The molecule has 0 bridgehead atoms. The molecule has 1 fully saturated rings. The van der Waals surface area contributed by atoms with Gasteiger partial charge in [-0.05, 0) is 19.3 Å². The van der Waals surface area contributed by atoms with Crippen LogP contribution < -0.4 is 5.32 Å². The van der Waals surface area contributed by atoms with Gasteiger partial charge in [-0.3, -0.25) is 4.79 Å². The Balaban J connectivity index is 2.28. The van der Waals surface area contributed by atoms with Crippen molar-refractivity contribution in [2.75, 3.05) is 0 Å². The number of carbonyl (C=O) groups is 1. The van der Waals surface area contributed by atoms with Crippen LogP contribution in [0, 0.1) is 18.3 Å². The molecule has 2 heteroatoms. The maximum absolute atomic E-state index is 11.5. The molecule has 1 aliphatic rings. The quantitative estimate of drug-likeness (QED) is 0.654. The standard InChI is InChI=1S/C11H17NO/c1-3-6-10(4-2)12-11(13)9-7-5-8-9/h2,9-10H,3,5-8H2,1H3,(H,12,13). The Morgan fingerprint density at radius 3 is 2.77 bits per heavy atom. The minimum absolute atomic E-state index is 0.0573. The van der Waals surface area contributed by atoms with E-state index in [1.54, 1.807) is 0 Å². The van der Waals surface area contributed by atoms with Crippen molar-refractivity contribution in [1.29, 1.82) is 0 Å². The van der Waals surface area contributed by atoms with Gasteiger partial charge in [0.15, 0.2) is 0 Å². The monoisotopic (exact) mass is 179 g/mol. The van der Waals surface area contributed by atoms with Crippen molar-refractivity contribution in [3.63, 3.8) is 0 Å². The molecule has 0 radical (unpaired) electrons. The van der Waals surface area contributed by atoms with Gasteiger partial charge in [0.25, 0.3) is 0 Å². The lowest BCUT2D eigenvalue weighted by Gasteiger charge is -2.25. The minimum Gasteiger partial charge on any atom is -0.342 e. The van der Waals surface area contributed by atoms with Crippen LogP contribution in [0.2, 0.25) is 0 Å². The van der Waals surface area contributed by atoms with Gasteiger partial charge < -0.3 is 5.32 Å². The van der Waals surface area contributed by atoms with Gasteiger partial charge in [0.1, 0.15) is 0 Å². The summed E-state index contributed by atoms with van der Waals surface area (Å²) in [7, 11) is 0. The molecule has 0 spiro atoms. The Bertz CT molecular complexity index is 213. The van der Waals surface area contributed by atoms with Crippen molar-refractivity contribution in [1.82, 2.24) is 5.32 Å². The molecule has 1 amide bonds. The maximum Gasteiger partial charge on any atom is 0.224 e. The Hall–Kier alpha value is -0.970. The zero-order valence-corrected chi connectivity index (χ0v) is 8.18. The van der Waals surface area contributed by atoms with E-state index in [-0.39, 0.29) is 17.9 Å². The number of nitrogens with one attached hydrogen (secondary N) is 1. The van der Waals surface area contributed by atoms with Gasteiger partial charge in [-0.15, -0.1) is 6.42 Å². The molecular formula is C11H17NO. The first-order valence-corrected chi connectivity index (χ1v) is 5.04.